The standard InChI is InChI=1S/C29H41FN4O5/c1-19-17-34(20(2)18-35)28(36)25-15-24(33-29(37)32-23-10-8-22(30)9-11-23)12-13-26(25)39-21(3)7-5-6-14-38-27(19)16-31-4/h8-13,15,19-21,27,31,35H,5-7,14,16-18H2,1-4H3,(H2,32,33,37)/t19-,20-,21-,27+/m1/s1. The molecule has 10 heteroatoms. The van der Waals surface area contributed by atoms with Crippen molar-refractivity contribution in [3.05, 3.63) is 53.8 Å². The largest absolute Gasteiger partial charge is 0.490 e. The number of fused-ring (bicyclic) bond motifs is 1. The van der Waals surface area contributed by atoms with E-state index in [0.717, 1.165) is 19.3 Å². The van der Waals surface area contributed by atoms with Crippen LogP contribution < -0.4 is 20.7 Å². The Morgan fingerprint density at radius 1 is 1.13 bits per heavy atom. The molecule has 0 saturated carbocycles. The van der Waals surface area contributed by atoms with Gasteiger partial charge in [-0.3, -0.25) is 4.79 Å². The molecule has 0 unspecified atom stereocenters. The summed E-state index contributed by atoms with van der Waals surface area (Å²) in [6.45, 7) is 7.22. The molecule has 0 saturated heterocycles. The van der Waals surface area contributed by atoms with Gasteiger partial charge in [0, 0.05) is 37.0 Å². The predicted molar refractivity (Wildman–Crippen MR) is 150 cm³/mol. The number of rotatable bonds is 6. The zero-order valence-corrected chi connectivity index (χ0v) is 23.2. The second kappa shape index (κ2) is 14.8. The van der Waals surface area contributed by atoms with E-state index in [1.807, 2.05) is 20.9 Å². The molecule has 1 heterocycles. The number of urea groups is 1. The smallest absolute Gasteiger partial charge is 0.323 e. The molecule has 0 aliphatic carbocycles. The Morgan fingerprint density at radius 2 is 1.82 bits per heavy atom. The van der Waals surface area contributed by atoms with Crippen LogP contribution in [-0.4, -0.2) is 73.5 Å². The van der Waals surface area contributed by atoms with Crippen molar-refractivity contribution in [1.82, 2.24) is 10.2 Å². The van der Waals surface area contributed by atoms with Crippen molar-refractivity contribution in [2.75, 3.05) is 44.0 Å². The Kier molecular flexibility index (Phi) is 11.5. The molecule has 3 rings (SSSR count). The molecule has 214 valence electrons. The molecule has 1 aliphatic rings. The average molecular weight is 545 g/mol. The van der Waals surface area contributed by atoms with Crippen LogP contribution in [-0.2, 0) is 4.74 Å². The van der Waals surface area contributed by atoms with Crippen LogP contribution in [0, 0.1) is 11.7 Å². The maximum absolute atomic E-state index is 14.0. The summed E-state index contributed by atoms with van der Waals surface area (Å²) in [5.74, 6) is -0.308. The summed E-state index contributed by atoms with van der Waals surface area (Å²) < 4.78 is 25.6. The van der Waals surface area contributed by atoms with E-state index in [1.165, 1.54) is 24.3 Å². The molecule has 0 aromatic heterocycles. The van der Waals surface area contributed by atoms with E-state index < -0.39 is 17.9 Å². The minimum absolute atomic E-state index is 0.00979. The Hall–Kier alpha value is -3.21. The van der Waals surface area contributed by atoms with Crippen molar-refractivity contribution in [2.24, 2.45) is 5.92 Å². The average Bonchev–Trinajstić information content (AvgIpc) is 2.91. The Bertz CT molecular complexity index is 1080. The minimum Gasteiger partial charge on any atom is -0.490 e. The van der Waals surface area contributed by atoms with Crippen LogP contribution in [0.15, 0.2) is 42.5 Å². The summed E-state index contributed by atoms with van der Waals surface area (Å²) in [7, 11) is 1.87. The first kappa shape index (κ1) is 30.3. The van der Waals surface area contributed by atoms with E-state index in [2.05, 4.69) is 16.0 Å². The SMILES string of the molecule is CNC[C@@H]1OCCCC[C@@H](C)Oc2ccc(NC(=O)Nc3ccc(F)cc3)cc2C(=O)N([C@H](C)CO)C[C@H]1C. The number of carbonyl (C=O) groups excluding carboxylic acids is 2. The third-order valence-corrected chi connectivity index (χ3v) is 6.82. The highest BCUT2D eigenvalue weighted by Crippen LogP contribution is 2.28. The minimum atomic E-state index is -0.537. The lowest BCUT2D eigenvalue weighted by Gasteiger charge is -2.34. The van der Waals surface area contributed by atoms with Gasteiger partial charge in [-0.15, -0.1) is 0 Å². The second-order valence-electron chi connectivity index (χ2n) is 10.2. The summed E-state index contributed by atoms with van der Waals surface area (Å²) in [4.78, 5) is 28.2. The van der Waals surface area contributed by atoms with E-state index in [9.17, 15) is 19.1 Å². The first-order valence-electron chi connectivity index (χ1n) is 13.5. The van der Waals surface area contributed by atoms with Crippen molar-refractivity contribution in [1.29, 1.82) is 0 Å². The van der Waals surface area contributed by atoms with Crippen molar-refractivity contribution in [2.45, 2.75) is 58.3 Å². The summed E-state index contributed by atoms with van der Waals surface area (Å²) in [5.41, 5.74) is 1.10. The third-order valence-electron chi connectivity index (χ3n) is 6.82. The number of amides is 3. The summed E-state index contributed by atoms with van der Waals surface area (Å²) in [6.07, 6.45) is 2.36. The van der Waals surface area contributed by atoms with E-state index >= 15 is 0 Å². The highest BCUT2D eigenvalue weighted by Gasteiger charge is 2.29. The van der Waals surface area contributed by atoms with Gasteiger partial charge in [-0.05, 0) is 82.6 Å². The molecular formula is C29H41FN4O5. The number of aliphatic hydroxyl groups excluding tert-OH is 1. The monoisotopic (exact) mass is 544 g/mol. The molecule has 0 radical (unpaired) electrons. The summed E-state index contributed by atoms with van der Waals surface area (Å²) in [6, 6.07) is 9.37. The van der Waals surface area contributed by atoms with Crippen LogP contribution in [0.4, 0.5) is 20.6 Å². The molecule has 4 N–H and O–H groups in total. The number of carbonyl (C=O) groups is 2. The van der Waals surface area contributed by atoms with Gasteiger partial charge in [-0.25, -0.2) is 9.18 Å². The summed E-state index contributed by atoms with van der Waals surface area (Å²) in [5, 5.41) is 18.6. The molecule has 0 fully saturated rings. The van der Waals surface area contributed by atoms with Crippen LogP contribution >= 0.6 is 0 Å². The lowest BCUT2D eigenvalue weighted by Crippen LogP contribution is -2.47. The number of halogens is 1. The lowest BCUT2D eigenvalue weighted by molar-refractivity contribution is -0.000451. The second-order valence-corrected chi connectivity index (χ2v) is 10.2. The zero-order valence-electron chi connectivity index (χ0n) is 23.2. The highest BCUT2D eigenvalue weighted by atomic mass is 19.1. The molecule has 2 aromatic carbocycles. The van der Waals surface area contributed by atoms with Gasteiger partial charge in [0.15, 0.2) is 0 Å². The van der Waals surface area contributed by atoms with Crippen molar-refractivity contribution in [3.63, 3.8) is 0 Å². The number of anilines is 2. The third kappa shape index (κ3) is 8.91. The molecule has 3 amide bonds. The quantitative estimate of drug-likeness (QED) is 0.427. The molecule has 4 atom stereocenters. The fourth-order valence-electron chi connectivity index (χ4n) is 4.52. The number of likely N-dealkylation sites (N-methyl/N-ethyl adjacent to an activating group) is 1. The fourth-order valence-corrected chi connectivity index (χ4v) is 4.52. The van der Waals surface area contributed by atoms with Gasteiger partial charge in [0.1, 0.15) is 11.6 Å². The van der Waals surface area contributed by atoms with Gasteiger partial charge in [-0.2, -0.15) is 0 Å². The van der Waals surface area contributed by atoms with Crippen molar-refractivity contribution >= 4 is 23.3 Å². The van der Waals surface area contributed by atoms with E-state index in [1.54, 1.807) is 30.0 Å². The van der Waals surface area contributed by atoms with E-state index in [-0.39, 0.29) is 36.2 Å². The highest BCUT2D eigenvalue weighted by molar-refractivity contribution is 6.02. The molecule has 0 spiro atoms. The van der Waals surface area contributed by atoms with Crippen LogP contribution in [0.5, 0.6) is 5.75 Å². The number of nitrogens with zero attached hydrogens (tertiary/aromatic N) is 1. The number of hydrogen-bond acceptors (Lipinski definition) is 6. The first-order chi connectivity index (χ1) is 18.7. The topological polar surface area (TPSA) is 112 Å². The van der Waals surface area contributed by atoms with Crippen LogP contribution in [0.25, 0.3) is 0 Å². The summed E-state index contributed by atoms with van der Waals surface area (Å²) >= 11 is 0. The van der Waals surface area contributed by atoms with Gasteiger partial charge in [-0.1, -0.05) is 6.92 Å². The molecule has 2 aromatic rings. The normalized spacial score (nSPS) is 21.7. The molecule has 1 aliphatic heterocycles. The van der Waals surface area contributed by atoms with Crippen molar-refractivity contribution in [3.8, 4) is 5.75 Å². The van der Waals surface area contributed by atoms with Crippen LogP contribution in [0.3, 0.4) is 0 Å². The fraction of sp³-hybridized carbons (Fsp3) is 0.517. The Balaban J connectivity index is 1.92. The molecule has 0 bridgehead atoms. The predicted octanol–water partition coefficient (Wildman–Crippen LogP) is 4.48. The molecule has 9 nitrogen and oxygen atoms in total. The van der Waals surface area contributed by atoms with Gasteiger partial charge < -0.3 is 35.4 Å². The molecular weight excluding hydrogens is 503 g/mol. The number of aliphatic hydroxyl groups is 1. The lowest BCUT2D eigenvalue weighted by atomic mass is 10.0. The van der Waals surface area contributed by atoms with Gasteiger partial charge >= 0.3 is 6.03 Å². The van der Waals surface area contributed by atoms with Crippen LogP contribution in [0.1, 0.15) is 50.4 Å². The van der Waals surface area contributed by atoms with Crippen molar-refractivity contribution < 1.29 is 28.6 Å². The zero-order chi connectivity index (χ0) is 28.4. The van der Waals surface area contributed by atoms with Gasteiger partial charge in [0.2, 0.25) is 0 Å². The van der Waals surface area contributed by atoms with E-state index in [0.29, 0.717) is 36.8 Å². The number of hydrogen-bond donors (Lipinski definition) is 4. The van der Waals surface area contributed by atoms with Crippen LogP contribution in [0.2, 0.25) is 0 Å². The Labute approximate surface area is 230 Å². The first-order valence-corrected chi connectivity index (χ1v) is 13.5. The van der Waals surface area contributed by atoms with Gasteiger partial charge in [0.05, 0.1) is 30.4 Å². The number of benzene rings is 2. The maximum Gasteiger partial charge on any atom is 0.323 e. The van der Waals surface area contributed by atoms with E-state index in [4.69, 9.17) is 9.47 Å². The Morgan fingerprint density at radius 3 is 2.51 bits per heavy atom. The van der Waals surface area contributed by atoms with Gasteiger partial charge in [0.25, 0.3) is 5.91 Å². The molecule has 39 heavy (non-hydrogen) atoms. The maximum atomic E-state index is 14.0. The number of nitrogens with one attached hydrogen (secondary N) is 3. The number of ether oxygens (including phenoxy) is 2.